The predicted molar refractivity (Wildman–Crippen MR) is 77.2 cm³/mol. The SMILES string of the molecule is CS(=O)CCCNC(=O)N1CCCN(CC(=O)O)CC1. The summed E-state index contributed by atoms with van der Waals surface area (Å²) in [5.74, 6) is -0.248. The molecule has 1 atom stereocenters. The van der Waals surface area contributed by atoms with Gasteiger partial charge in [-0.05, 0) is 12.8 Å². The number of amides is 2. The van der Waals surface area contributed by atoms with Crippen LogP contribution in [0.2, 0.25) is 0 Å². The van der Waals surface area contributed by atoms with Crippen molar-refractivity contribution in [3.63, 3.8) is 0 Å². The minimum Gasteiger partial charge on any atom is -0.480 e. The Kier molecular flexibility index (Phi) is 7.53. The lowest BCUT2D eigenvalue weighted by Crippen LogP contribution is -2.42. The fourth-order valence-electron chi connectivity index (χ4n) is 2.11. The highest BCUT2D eigenvalue weighted by atomic mass is 32.2. The van der Waals surface area contributed by atoms with Crippen LogP contribution in [-0.2, 0) is 15.6 Å². The summed E-state index contributed by atoms with van der Waals surface area (Å²) >= 11 is 0. The highest BCUT2D eigenvalue weighted by Crippen LogP contribution is 2.03. The lowest BCUT2D eigenvalue weighted by atomic mass is 10.4. The number of carbonyl (C=O) groups is 2. The molecule has 0 aromatic rings. The summed E-state index contributed by atoms with van der Waals surface area (Å²) in [6.07, 6.45) is 3.13. The molecule has 2 amide bonds. The van der Waals surface area contributed by atoms with Crippen LogP contribution in [0.1, 0.15) is 12.8 Å². The van der Waals surface area contributed by atoms with Crippen molar-refractivity contribution in [1.29, 1.82) is 0 Å². The van der Waals surface area contributed by atoms with Crippen LogP contribution in [0.15, 0.2) is 0 Å². The van der Waals surface area contributed by atoms with Crippen molar-refractivity contribution in [2.24, 2.45) is 0 Å². The van der Waals surface area contributed by atoms with E-state index in [0.717, 1.165) is 6.42 Å². The molecule has 0 aromatic heterocycles. The van der Waals surface area contributed by atoms with E-state index in [0.29, 0.717) is 44.9 Å². The smallest absolute Gasteiger partial charge is 0.317 e. The first kappa shape index (κ1) is 16.9. The van der Waals surface area contributed by atoms with E-state index in [-0.39, 0.29) is 12.6 Å². The summed E-state index contributed by atoms with van der Waals surface area (Å²) in [5.41, 5.74) is 0. The Morgan fingerprint density at radius 2 is 2.00 bits per heavy atom. The minimum absolute atomic E-state index is 0.0256. The topological polar surface area (TPSA) is 90.0 Å². The van der Waals surface area contributed by atoms with Gasteiger partial charge in [-0.25, -0.2) is 4.79 Å². The molecule has 0 saturated carbocycles. The van der Waals surface area contributed by atoms with Gasteiger partial charge in [0.25, 0.3) is 0 Å². The number of rotatable bonds is 6. The van der Waals surface area contributed by atoms with Crippen molar-refractivity contribution < 1.29 is 18.9 Å². The number of carboxylic acid groups (broad SMARTS) is 1. The minimum atomic E-state index is -0.838. The molecule has 1 saturated heterocycles. The zero-order chi connectivity index (χ0) is 15.0. The standard InChI is InChI=1S/C12H23N3O4S/c1-20(19)9-2-4-13-12(18)15-6-3-5-14(7-8-15)10-11(16)17/h2-10H2,1H3,(H,13,18)(H,16,17). The van der Waals surface area contributed by atoms with Crippen LogP contribution in [-0.4, -0.2) is 82.4 Å². The first-order valence-corrected chi connectivity index (χ1v) is 8.48. The fourth-order valence-corrected chi connectivity index (χ4v) is 2.66. The molecular weight excluding hydrogens is 282 g/mol. The van der Waals surface area contributed by atoms with Crippen molar-refractivity contribution in [2.75, 3.05) is 51.3 Å². The van der Waals surface area contributed by atoms with Crippen molar-refractivity contribution in [3.8, 4) is 0 Å². The van der Waals surface area contributed by atoms with E-state index in [1.165, 1.54) is 0 Å². The molecule has 7 nitrogen and oxygen atoms in total. The fraction of sp³-hybridized carbons (Fsp3) is 0.833. The maximum Gasteiger partial charge on any atom is 0.317 e. The first-order valence-electron chi connectivity index (χ1n) is 6.76. The third-order valence-corrected chi connectivity index (χ3v) is 3.98. The molecule has 116 valence electrons. The van der Waals surface area contributed by atoms with Crippen LogP contribution < -0.4 is 5.32 Å². The largest absolute Gasteiger partial charge is 0.480 e. The second-order valence-corrected chi connectivity index (χ2v) is 6.43. The summed E-state index contributed by atoms with van der Waals surface area (Å²) in [6.45, 7) is 3.01. The van der Waals surface area contributed by atoms with Gasteiger partial charge in [0, 0.05) is 55.5 Å². The quantitative estimate of drug-likeness (QED) is 0.649. The zero-order valence-electron chi connectivity index (χ0n) is 11.8. The summed E-state index contributed by atoms with van der Waals surface area (Å²) in [7, 11) is -0.826. The molecule has 1 heterocycles. The summed E-state index contributed by atoms with van der Waals surface area (Å²) in [6, 6.07) is -0.121. The molecule has 0 aliphatic carbocycles. The Hall–Kier alpha value is -1.15. The summed E-state index contributed by atoms with van der Waals surface area (Å²) in [5, 5.41) is 11.6. The Morgan fingerprint density at radius 1 is 1.25 bits per heavy atom. The number of carbonyl (C=O) groups excluding carboxylic acids is 1. The van der Waals surface area contributed by atoms with Gasteiger partial charge in [-0.3, -0.25) is 13.9 Å². The van der Waals surface area contributed by atoms with Gasteiger partial charge in [-0.15, -0.1) is 0 Å². The van der Waals surface area contributed by atoms with E-state index in [2.05, 4.69) is 5.32 Å². The molecule has 1 aliphatic rings. The third-order valence-electron chi connectivity index (χ3n) is 3.12. The van der Waals surface area contributed by atoms with E-state index in [9.17, 15) is 13.8 Å². The van der Waals surface area contributed by atoms with Crippen LogP contribution >= 0.6 is 0 Å². The Morgan fingerprint density at radius 3 is 2.65 bits per heavy atom. The molecule has 0 spiro atoms. The summed E-state index contributed by atoms with van der Waals surface area (Å²) in [4.78, 5) is 26.1. The van der Waals surface area contributed by atoms with Gasteiger partial charge in [0.2, 0.25) is 0 Å². The van der Waals surface area contributed by atoms with Crippen molar-refractivity contribution in [2.45, 2.75) is 12.8 Å². The van der Waals surface area contributed by atoms with Crippen molar-refractivity contribution in [3.05, 3.63) is 0 Å². The van der Waals surface area contributed by atoms with E-state index < -0.39 is 16.8 Å². The number of carboxylic acids is 1. The monoisotopic (exact) mass is 305 g/mol. The average Bonchev–Trinajstić information content (AvgIpc) is 2.59. The van der Waals surface area contributed by atoms with Gasteiger partial charge in [0.1, 0.15) is 0 Å². The van der Waals surface area contributed by atoms with Gasteiger partial charge in [0.15, 0.2) is 0 Å². The molecule has 0 radical (unpaired) electrons. The average molecular weight is 305 g/mol. The molecule has 0 aromatic carbocycles. The third kappa shape index (κ3) is 6.85. The van der Waals surface area contributed by atoms with Crippen molar-refractivity contribution in [1.82, 2.24) is 15.1 Å². The predicted octanol–water partition coefficient (Wildman–Crippen LogP) is -0.443. The lowest BCUT2D eigenvalue weighted by molar-refractivity contribution is -0.138. The number of nitrogens with one attached hydrogen (secondary N) is 1. The number of aliphatic carboxylic acids is 1. The van der Waals surface area contributed by atoms with E-state index in [4.69, 9.17) is 5.11 Å². The molecule has 1 fully saturated rings. The van der Waals surface area contributed by atoms with E-state index in [1.54, 1.807) is 11.2 Å². The van der Waals surface area contributed by atoms with Crippen LogP contribution in [0.3, 0.4) is 0 Å². The molecule has 8 heteroatoms. The molecule has 1 rings (SSSR count). The maximum absolute atomic E-state index is 11.9. The number of hydrogen-bond acceptors (Lipinski definition) is 4. The first-order chi connectivity index (χ1) is 9.49. The number of urea groups is 1. The van der Waals surface area contributed by atoms with Gasteiger partial charge in [-0.2, -0.15) is 0 Å². The molecule has 0 bridgehead atoms. The Bertz CT molecular complexity index is 365. The second-order valence-electron chi connectivity index (χ2n) is 4.87. The van der Waals surface area contributed by atoms with Gasteiger partial charge in [-0.1, -0.05) is 0 Å². The maximum atomic E-state index is 11.9. The van der Waals surface area contributed by atoms with Gasteiger partial charge >= 0.3 is 12.0 Å². The van der Waals surface area contributed by atoms with Crippen LogP contribution in [0.4, 0.5) is 4.79 Å². The van der Waals surface area contributed by atoms with Crippen LogP contribution in [0.5, 0.6) is 0 Å². The lowest BCUT2D eigenvalue weighted by Gasteiger charge is -2.21. The van der Waals surface area contributed by atoms with E-state index >= 15 is 0 Å². The molecule has 20 heavy (non-hydrogen) atoms. The molecule has 1 aliphatic heterocycles. The second kappa shape index (κ2) is 8.91. The molecule has 1 unspecified atom stereocenters. The normalized spacial score (nSPS) is 18.4. The van der Waals surface area contributed by atoms with Crippen LogP contribution in [0, 0.1) is 0 Å². The van der Waals surface area contributed by atoms with Crippen LogP contribution in [0.25, 0.3) is 0 Å². The van der Waals surface area contributed by atoms with Crippen molar-refractivity contribution >= 4 is 22.8 Å². The van der Waals surface area contributed by atoms with Gasteiger partial charge in [0.05, 0.1) is 6.54 Å². The number of nitrogens with zero attached hydrogens (tertiary/aromatic N) is 2. The van der Waals surface area contributed by atoms with Gasteiger partial charge < -0.3 is 15.3 Å². The highest BCUT2D eigenvalue weighted by molar-refractivity contribution is 7.84. The summed E-state index contributed by atoms with van der Waals surface area (Å²) < 4.78 is 10.9. The molecule has 2 N–H and O–H groups in total. The molecular formula is C12H23N3O4S. The zero-order valence-corrected chi connectivity index (χ0v) is 12.7. The highest BCUT2D eigenvalue weighted by Gasteiger charge is 2.19. The Labute approximate surface area is 121 Å². The Balaban J connectivity index is 2.27. The van der Waals surface area contributed by atoms with E-state index in [1.807, 2.05) is 4.90 Å². The number of hydrogen-bond donors (Lipinski definition) is 2.